The van der Waals surface area contributed by atoms with Gasteiger partial charge in [-0.2, -0.15) is 0 Å². The molecule has 0 bridgehead atoms. The topological polar surface area (TPSA) is 106 Å². The molecule has 1 amide bonds. The number of carbonyl (C=O) groups excluding carboxylic acids is 2. The van der Waals surface area contributed by atoms with Gasteiger partial charge < -0.3 is 10.1 Å². The van der Waals surface area contributed by atoms with Crippen molar-refractivity contribution in [1.82, 2.24) is 9.78 Å². The van der Waals surface area contributed by atoms with E-state index in [2.05, 4.69) is 31.3 Å². The highest BCUT2D eigenvalue weighted by molar-refractivity contribution is 9.10. The summed E-state index contributed by atoms with van der Waals surface area (Å²) >= 11 is 4.94. The van der Waals surface area contributed by atoms with Crippen molar-refractivity contribution in [2.75, 3.05) is 11.9 Å². The van der Waals surface area contributed by atoms with Gasteiger partial charge in [0.25, 0.3) is 11.5 Å². The van der Waals surface area contributed by atoms with Crippen LogP contribution in [0.4, 0.5) is 10.7 Å². The van der Waals surface area contributed by atoms with E-state index < -0.39 is 5.97 Å². The molecular formula is C30H29BrN4O4S. The molecule has 1 aliphatic rings. The quantitative estimate of drug-likeness (QED) is 0.178. The maximum absolute atomic E-state index is 13.1. The number of rotatable bonds is 7. The second-order valence-corrected chi connectivity index (χ2v) is 11.6. The Balaban J connectivity index is 1.33. The van der Waals surface area contributed by atoms with Crippen molar-refractivity contribution in [3.8, 4) is 5.69 Å². The Morgan fingerprint density at radius 3 is 2.62 bits per heavy atom. The van der Waals surface area contributed by atoms with Crippen LogP contribution in [0.5, 0.6) is 0 Å². The number of thiophene rings is 1. The molecule has 10 heteroatoms. The maximum Gasteiger partial charge on any atom is 0.341 e. The zero-order chi connectivity index (χ0) is 28.4. The number of amides is 1. The second kappa shape index (κ2) is 11.8. The van der Waals surface area contributed by atoms with E-state index in [1.54, 1.807) is 31.2 Å². The molecule has 0 unspecified atom stereocenters. The average Bonchev–Trinajstić information content (AvgIpc) is 3.45. The first-order valence-electron chi connectivity index (χ1n) is 13.1. The number of aliphatic imine (C=N–C) groups is 1. The Hall–Kier alpha value is -3.76. The number of aryl methyl sites for hydroxylation is 3. The first-order valence-corrected chi connectivity index (χ1v) is 14.7. The van der Waals surface area contributed by atoms with Gasteiger partial charge in [-0.05, 0) is 100 Å². The number of fused-ring (bicyclic) bond motifs is 1. The standard InChI is InChI=1S/C30H29BrN4O4S/c1-4-39-30(38)26-22-7-5-6-8-25(22)40-28(26)33-27(36)19-9-11-20(12-10-19)32-16-23-18(3)34-35(29(23)37)21-13-14-24(31)17(2)15-21/h9-16,34H,4-8H2,1-3H3,(H,33,36). The van der Waals surface area contributed by atoms with E-state index in [1.165, 1.54) is 22.2 Å². The van der Waals surface area contributed by atoms with Gasteiger partial charge in [0.05, 0.1) is 29.1 Å². The number of H-pyrrole nitrogens is 1. The smallest absolute Gasteiger partial charge is 0.341 e. The van der Waals surface area contributed by atoms with Crippen LogP contribution in [0.1, 0.15) is 67.7 Å². The SMILES string of the molecule is CCOC(=O)c1c(NC(=O)c2ccc(N=Cc3c(C)[nH]n(-c4ccc(Br)c(C)c4)c3=O)cc2)sc2c1CCCC2. The number of carbonyl (C=O) groups is 2. The van der Waals surface area contributed by atoms with Crippen molar-refractivity contribution in [3.63, 3.8) is 0 Å². The zero-order valence-electron chi connectivity index (χ0n) is 22.5. The van der Waals surface area contributed by atoms with E-state index in [4.69, 9.17) is 4.74 Å². The number of ether oxygens (including phenoxy) is 1. The summed E-state index contributed by atoms with van der Waals surface area (Å²) in [5.41, 5.74) is 5.23. The van der Waals surface area contributed by atoms with Crippen LogP contribution < -0.4 is 10.9 Å². The Morgan fingerprint density at radius 1 is 1.15 bits per heavy atom. The predicted octanol–water partition coefficient (Wildman–Crippen LogP) is 6.66. The van der Waals surface area contributed by atoms with E-state index in [0.717, 1.165) is 51.8 Å². The Labute approximate surface area is 244 Å². The van der Waals surface area contributed by atoms with Gasteiger partial charge in [-0.15, -0.1) is 11.3 Å². The lowest BCUT2D eigenvalue weighted by Gasteiger charge is -2.12. The molecule has 0 saturated heterocycles. The summed E-state index contributed by atoms with van der Waals surface area (Å²) < 4.78 is 7.75. The maximum atomic E-state index is 13.1. The second-order valence-electron chi connectivity index (χ2n) is 9.62. The molecule has 40 heavy (non-hydrogen) atoms. The number of halogens is 1. The predicted molar refractivity (Wildman–Crippen MR) is 162 cm³/mol. The van der Waals surface area contributed by atoms with Crippen LogP contribution in [0, 0.1) is 13.8 Å². The summed E-state index contributed by atoms with van der Waals surface area (Å²) in [6, 6.07) is 12.5. The van der Waals surface area contributed by atoms with Gasteiger partial charge in [-0.25, -0.2) is 9.48 Å². The largest absolute Gasteiger partial charge is 0.462 e. The van der Waals surface area contributed by atoms with Crippen LogP contribution in [0.3, 0.4) is 0 Å². The number of esters is 1. The third-order valence-electron chi connectivity index (χ3n) is 6.87. The third kappa shape index (κ3) is 5.59. The van der Waals surface area contributed by atoms with Gasteiger partial charge in [0.1, 0.15) is 5.00 Å². The molecule has 4 aromatic rings. The number of nitrogens with zero attached hydrogens (tertiary/aromatic N) is 2. The highest BCUT2D eigenvalue weighted by Crippen LogP contribution is 2.39. The van der Waals surface area contributed by atoms with Gasteiger partial charge in [0.2, 0.25) is 0 Å². The molecule has 5 rings (SSSR count). The summed E-state index contributed by atoms with van der Waals surface area (Å²) in [5.74, 6) is -0.704. The number of nitrogens with one attached hydrogen (secondary N) is 2. The molecule has 0 radical (unpaired) electrons. The molecule has 0 atom stereocenters. The average molecular weight is 622 g/mol. The van der Waals surface area contributed by atoms with Crippen LogP contribution >= 0.6 is 27.3 Å². The number of hydrogen-bond acceptors (Lipinski definition) is 6. The van der Waals surface area contributed by atoms with E-state index >= 15 is 0 Å². The molecule has 0 fully saturated rings. The molecule has 2 aromatic carbocycles. The highest BCUT2D eigenvalue weighted by Gasteiger charge is 2.27. The number of aromatic amines is 1. The minimum atomic E-state index is -0.392. The van der Waals surface area contributed by atoms with Crippen molar-refractivity contribution < 1.29 is 14.3 Å². The van der Waals surface area contributed by atoms with Gasteiger partial charge in [-0.1, -0.05) is 15.9 Å². The Bertz CT molecular complexity index is 1680. The fraction of sp³-hybridized carbons (Fsp3) is 0.267. The molecule has 2 aromatic heterocycles. The number of benzene rings is 2. The lowest BCUT2D eigenvalue weighted by Crippen LogP contribution is -2.17. The monoisotopic (exact) mass is 620 g/mol. The van der Waals surface area contributed by atoms with Crippen LogP contribution in [-0.4, -0.2) is 34.5 Å². The van der Waals surface area contributed by atoms with E-state index in [0.29, 0.717) is 33.1 Å². The van der Waals surface area contributed by atoms with Crippen molar-refractivity contribution in [1.29, 1.82) is 0 Å². The minimum absolute atomic E-state index is 0.199. The van der Waals surface area contributed by atoms with Crippen LogP contribution in [0.2, 0.25) is 0 Å². The molecule has 206 valence electrons. The number of anilines is 1. The molecule has 2 N–H and O–H groups in total. The van der Waals surface area contributed by atoms with Gasteiger partial charge in [-0.3, -0.25) is 19.7 Å². The van der Waals surface area contributed by atoms with Gasteiger partial charge in [0, 0.05) is 26.8 Å². The van der Waals surface area contributed by atoms with E-state index in [1.807, 2.05) is 32.0 Å². The molecule has 0 spiro atoms. The highest BCUT2D eigenvalue weighted by atomic mass is 79.9. The van der Waals surface area contributed by atoms with E-state index in [-0.39, 0.29) is 18.1 Å². The fourth-order valence-corrected chi connectivity index (χ4v) is 6.27. The van der Waals surface area contributed by atoms with Crippen molar-refractivity contribution in [2.24, 2.45) is 4.99 Å². The lowest BCUT2D eigenvalue weighted by atomic mass is 9.95. The molecule has 8 nitrogen and oxygen atoms in total. The summed E-state index contributed by atoms with van der Waals surface area (Å²) in [6.07, 6.45) is 5.35. The lowest BCUT2D eigenvalue weighted by molar-refractivity contribution is 0.0526. The summed E-state index contributed by atoms with van der Waals surface area (Å²) in [6.45, 7) is 5.84. The van der Waals surface area contributed by atoms with Crippen molar-refractivity contribution >= 4 is 56.0 Å². The summed E-state index contributed by atoms with van der Waals surface area (Å²) in [4.78, 5) is 44.4. The number of aromatic nitrogens is 2. The third-order valence-corrected chi connectivity index (χ3v) is 8.96. The van der Waals surface area contributed by atoms with Gasteiger partial charge in [0.15, 0.2) is 0 Å². The molecule has 0 aliphatic heterocycles. The molecular weight excluding hydrogens is 592 g/mol. The van der Waals surface area contributed by atoms with Crippen LogP contribution in [-0.2, 0) is 17.6 Å². The molecule has 0 saturated carbocycles. The first kappa shape index (κ1) is 27.8. The zero-order valence-corrected chi connectivity index (χ0v) is 24.9. The number of hydrogen-bond donors (Lipinski definition) is 2. The summed E-state index contributed by atoms with van der Waals surface area (Å²) in [7, 11) is 0. The van der Waals surface area contributed by atoms with E-state index in [9.17, 15) is 14.4 Å². The Morgan fingerprint density at radius 2 is 1.90 bits per heavy atom. The van der Waals surface area contributed by atoms with Crippen LogP contribution in [0.15, 0.2) is 56.7 Å². The van der Waals surface area contributed by atoms with Crippen molar-refractivity contribution in [3.05, 3.63) is 95.7 Å². The molecule has 2 heterocycles. The molecule has 1 aliphatic carbocycles. The normalized spacial score (nSPS) is 12.9. The summed E-state index contributed by atoms with van der Waals surface area (Å²) in [5, 5.41) is 6.58. The van der Waals surface area contributed by atoms with Crippen LogP contribution in [0.25, 0.3) is 5.69 Å². The van der Waals surface area contributed by atoms with Crippen molar-refractivity contribution in [2.45, 2.75) is 46.5 Å². The Kier molecular flexibility index (Phi) is 8.18. The first-order chi connectivity index (χ1) is 19.3. The minimum Gasteiger partial charge on any atom is -0.462 e. The fourth-order valence-electron chi connectivity index (χ4n) is 4.75. The van der Waals surface area contributed by atoms with Gasteiger partial charge >= 0.3 is 5.97 Å².